The summed E-state index contributed by atoms with van der Waals surface area (Å²) in [4.78, 5) is 15.0. The number of hydrogen-bond donors (Lipinski definition) is 2. The standard InChI is InChI=1S/C18H30N4O2/c1-13-7-9-20-21(13)10-8-17(24)22-14(12-19)11-18(2)15(22)5-3-4-6-16(18)23/h7,9,14-16,23H,3-6,8,10-12,19H2,1-2H3/t14-,15-,16-,18-/m1/s1. The second-order valence-corrected chi connectivity index (χ2v) is 7.66. The lowest BCUT2D eigenvalue weighted by Gasteiger charge is -2.37. The lowest BCUT2D eigenvalue weighted by atomic mass is 9.75. The van der Waals surface area contributed by atoms with Gasteiger partial charge in [0.15, 0.2) is 0 Å². The number of nitrogens with two attached hydrogens (primary N) is 1. The predicted octanol–water partition coefficient (Wildman–Crippen LogP) is 1.45. The maximum atomic E-state index is 13.0. The van der Waals surface area contributed by atoms with E-state index in [1.165, 1.54) is 0 Å². The summed E-state index contributed by atoms with van der Waals surface area (Å²) >= 11 is 0. The molecule has 1 saturated carbocycles. The monoisotopic (exact) mass is 334 g/mol. The molecule has 24 heavy (non-hydrogen) atoms. The van der Waals surface area contributed by atoms with E-state index < -0.39 is 0 Å². The Hall–Kier alpha value is -1.40. The SMILES string of the molecule is Cc1ccnn1CCC(=O)N1[C@@H](CN)C[C@@]2(C)[C@H](O)CCCC[C@@H]12. The van der Waals surface area contributed by atoms with Crippen LogP contribution in [0.2, 0.25) is 0 Å². The first-order chi connectivity index (χ1) is 11.5. The molecule has 0 aromatic carbocycles. The van der Waals surface area contributed by atoms with Gasteiger partial charge in [-0.2, -0.15) is 5.10 Å². The van der Waals surface area contributed by atoms with Crippen molar-refractivity contribution < 1.29 is 9.90 Å². The number of fused-ring (bicyclic) bond motifs is 1. The first kappa shape index (κ1) is 17.4. The molecule has 4 atom stereocenters. The zero-order chi connectivity index (χ0) is 17.3. The summed E-state index contributed by atoms with van der Waals surface area (Å²) in [7, 11) is 0. The highest BCUT2D eigenvalue weighted by Crippen LogP contribution is 2.48. The van der Waals surface area contributed by atoms with E-state index >= 15 is 0 Å². The zero-order valence-electron chi connectivity index (χ0n) is 14.8. The van der Waals surface area contributed by atoms with Crippen molar-refractivity contribution in [2.45, 2.75) is 77.1 Å². The van der Waals surface area contributed by atoms with E-state index in [2.05, 4.69) is 12.0 Å². The number of carbonyl (C=O) groups excluding carboxylic acids is 1. The number of aliphatic hydroxyl groups excluding tert-OH is 1. The molecule has 6 heteroatoms. The fourth-order valence-electron chi connectivity index (χ4n) is 4.68. The quantitative estimate of drug-likeness (QED) is 0.873. The first-order valence-electron chi connectivity index (χ1n) is 9.15. The molecular weight excluding hydrogens is 304 g/mol. The molecule has 3 N–H and O–H groups in total. The van der Waals surface area contributed by atoms with Gasteiger partial charge in [-0.05, 0) is 32.3 Å². The van der Waals surface area contributed by atoms with Crippen LogP contribution in [0.15, 0.2) is 12.3 Å². The minimum absolute atomic E-state index is 0.0407. The number of rotatable bonds is 4. The van der Waals surface area contributed by atoms with Crippen molar-refractivity contribution in [3.05, 3.63) is 18.0 Å². The van der Waals surface area contributed by atoms with E-state index in [1.807, 2.05) is 22.6 Å². The third-order valence-corrected chi connectivity index (χ3v) is 6.16. The first-order valence-corrected chi connectivity index (χ1v) is 9.15. The van der Waals surface area contributed by atoms with Gasteiger partial charge in [0.1, 0.15) is 0 Å². The molecule has 1 aliphatic carbocycles. The van der Waals surface area contributed by atoms with Crippen molar-refractivity contribution in [2.75, 3.05) is 6.54 Å². The van der Waals surface area contributed by atoms with Gasteiger partial charge in [0.05, 0.1) is 6.10 Å². The molecule has 2 aliphatic rings. The van der Waals surface area contributed by atoms with Crippen LogP contribution in [0.1, 0.15) is 51.1 Å². The summed E-state index contributed by atoms with van der Waals surface area (Å²) in [5, 5.41) is 14.9. The Bertz CT molecular complexity index is 587. The van der Waals surface area contributed by atoms with Gasteiger partial charge in [-0.25, -0.2) is 0 Å². The third-order valence-electron chi connectivity index (χ3n) is 6.16. The van der Waals surface area contributed by atoms with Crippen molar-refractivity contribution in [2.24, 2.45) is 11.1 Å². The summed E-state index contributed by atoms with van der Waals surface area (Å²) in [6.07, 6.45) is 6.56. The van der Waals surface area contributed by atoms with Gasteiger partial charge in [0, 0.05) is 48.9 Å². The number of likely N-dealkylation sites (tertiary alicyclic amines) is 1. The molecule has 0 radical (unpaired) electrons. The van der Waals surface area contributed by atoms with Crippen LogP contribution < -0.4 is 5.73 Å². The molecule has 0 unspecified atom stereocenters. The topological polar surface area (TPSA) is 84.4 Å². The largest absolute Gasteiger partial charge is 0.392 e. The van der Waals surface area contributed by atoms with Crippen LogP contribution in [0.5, 0.6) is 0 Å². The number of aliphatic hydroxyl groups is 1. The molecule has 134 valence electrons. The highest BCUT2D eigenvalue weighted by molar-refractivity contribution is 5.77. The van der Waals surface area contributed by atoms with Crippen LogP contribution in [0.3, 0.4) is 0 Å². The summed E-state index contributed by atoms with van der Waals surface area (Å²) < 4.78 is 1.87. The van der Waals surface area contributed by atoms with Gasteiger partial charge in [-0.1, -0.05) is 19.8 Å². The summed E-state index contributed by atoms with van der Waals surface area (Å²) in [6, 6.07) is 2.09. The highest BCUT2D eigenvalue weighted by Gasteiger charge is 2.54. The molecule has 1 aromatic rings. The number of aromatic nitrogens is 2. The minimum Gasteiger partial charge on any atom is -0.392 e. The second kappa shape index (κ2) is 6.84. The second-order valence-electron chi connectivity index (χ2n) is 7.66. The van der Waals surface area contributed by atoms with Crippen molar-refractivity contribution >= 4 is 5.91 Å². The molecule has 1 amide bonds. The predicted molar refractivity (Wildman–Crippen MR) is 92.3 cm³/mol. The van der Waals surface area contributed by atoms with Gasteiger partial charge in [-0.15, -0.1) is 0 Å². The number of amides is 1. The van der Waals surface area contributed by atoms with Crippen LogP contribution in [0.25, 0.3) is 0 Å². The minimum atomic E-state index is -0.342. The van der Waals surface area contributed by atoms with Crippen molar-refractivity contribution in [3.63, 3.8) is 0 Å². The lowest BCUT2D eigenvalue weighted by molar-refractivity contribution is -0.136. The van der Waals surface area contributed by atoms with Crippen LogP contribution in [-0.4, -0.2) is 50.4 Å². The van der Waals surface area contributed by atoms with Crippen molar-refractivity contribution in [1.82, 2.24) is 14.7 Å². The average molecular weight is 334 g/mol. The normalized spacial score (nSPS) is 33.3. The molecular formula is C18H30N4O2. The number of nitrogens with zero attached hydrogens (tertiary/aromatic N) is 3. The van der Waals surface area contributed by atoms with Crippen LogP contribution in [0, 0.1) is 12.3 Å². The van der Waals surface area contributed by atoms with E-state index in [-0.39, 0.29) is 29.5 Å². The summed E-state index contributed by atoms with van der Waals surface area (Å²) in [6.45, 7) is 5.19. The Kier molecular flexibility index (Phi) is 4.97. The van der Waals surface area contributed by atoms with E-state index in [0.717, 1.165) is 37.8 Å². The Morgan fingerprint density at radius 1 is 1.46 bits per heavy atom. The van der Waals surface area contributed by atoms with E-state index in [1.54, 1.807) is 6.20 Å². The van der Waals surface area contributed by atoms with Gasteiger partial charge in [-0.3, -0.25) is 9.48 Å². The summed E-state index contributed by atoms with van der Waals surface area (Å²) in [5.74, 6) is 0.142. The van der Waals surface area contributed by atoms with Gasteiger partial charge < -0.3 is 15.7 Å². The van der Waals surface area contributed by atoms with Gasteiger partial charge in [0.25, 0.3) is 0 Å². The average Bonchev–Trinajstić information content (AvgIpc) is 3.06. The van der Waals surface area contributed by atoms with Crippen LogP contribution >= 0.6 is 0 Å². The number of carbonyl (C=O) groups is 1. The maximum Gasteiger partial charge on any atom is 0.224 e. The smallest absolute Gasteiger partial charge is 0.224 e. The summed E-state index contributed by atoms with van der Waals surface area (Å²) in [5.41, 5.74) is 6.82. The fourth-order valence-corrected chi connectivity index (χ4v) is 4.68. The zero-order valence-corrected chi connectivity index (χ0v) is 14.8. The highest BCUT2D eigenvalue weighted by atomic mass is 16.3. The van der Waals surface area contributed by atoms with Crippen LogP contribution in [-0.2, 0) is 11.3 Å². The Morgan fingerprint density at radius 2 is 2.21 bits per heavy atom. The van der Waals surface area contributed by atoms with Gasteiger partial charge >= 0.3 is 0 Å². The van der Waals surface area contributed by atoms with Crippen molar-refractivity contribution in [3.8, 4) is 0 Å². The third kappa shape index (κ3) is 2.97. The Labute approximate surface area is 144 Å². The number of hydrogen-bond acceptors (Lipinski definition) is 4. The fraction of sp³-hybridized carbons (Fsp3) is 0.778. The molecule has 1 saturated heterocycles. The maximum absolute atomic E-state index is 13.0. The molecule has 2 fully saturated rings. The molecule has 0 bridgehead atoms. The Morgan fingerprint density at radius 3 is 2.88 bits per heavy atom. The Balaban J connectivity index is 1.76. The van der Waals surface area contributed by atoms with E-state index in [4.69, 9.17) is 5.73 Å². The molecule has 1 aromatic heterocycles. The van der Waals surface area contributed by atoms with Crippen molar-refractivity contribution in [1.29, 1.82) is 0 Å². The number of aryl methyl sites for hydroxylation is 2. The van der Waals surface area contributed by atoms with E-state index in [9.17, 15) is 9.90 Å². The molecule has 2 heterocycles. The molecule has 1 aliphatic heterocycles. The molecule has 3 rings (SSSR count). The molecule has 6 nitrogen and oxygen atoms in total. The van der Waals surface area contributed by atoms with Gasteiger partial charge in [0.2, 0.25) is 5.91 Å². The molecule has 0 spiro atoms. The van der Waals surface area contributed by atoms with E-state index in [0.29, 0.717) is 19.5 Å². The van der Waals surface area contributed by atoms with Crippen LogP contribution in [0.4, 0.5) is 0 Å². The lowest BCUT2D eigenvalue weighted by Crippen LogP contribution is -2.48.